The minimum absolute atomic E-state index is 0.902. The topological polar surface area (TPSA) is 12.4 Å². The van der Waals surface area contributed by atoms with Crippen LogP contribution in [0.25, 0.3) is 0 Å². The number of hydrogen-bond acceptors (Lipinski definition) is 2. The van der Waals surface area contributed by atoms with Crippen molar-refractivity contribution >= 4 is 17.6 Å². The molecule has 0 fully saturated rings. The summed E-state index contributed by atoms with van der Waals surface area (Å²) in [6.07, 6.45) is 1.97. The molecule has 0 aliphatic carbocycles. The molecule has 0 bridgehead atoms. The Balaban J connectivity index is 2.61. The van der Waals surface area contributed by atoms with Gasteiger partial charge in [0.05, 0.1) is 11.4 Å². The second kappa shape index (κ2) is 1.67. The first kappa shape index (κ1) is 5.18. The van der Waals surface area contributed by atoms with Crippen LogP contribution in [-0.4, -0.2) is 6.21 Å². The van der Waals surface area contributed by atoms with Crippen molar-refractivity contribution in [2.24, 2.45) is 4.99 Å². The third-order valence-electron chi connectivity index (χ3n) is 1.44. The van der Waals surface area contributed by atoms with Crippen molar-refractivity contribution in [2.45, 2.75) is 13.5 Å². The van der Waals surface area contributed by atoms with Gasteiger partial charge in [-0.1, -0.05) is 0 Å². The monoisotopic (exact) mass is 137 g/mol. The predicted molar refractivity (Wildman–Crippen MR) is 40.4 cm³/mol. The van der Waals surface area contributed by atoms with Crippen molar-refractivity contribution in [1.82, 2.24) is 0 Å². The summed E-state index contributed by atoms with van der Waals surface area (Å²) >= 11 is 1.83. The van der Waals surface area contributed by atoms with E-state index in [0.29, 0.717) is 0 Å². The van der Waals surface area contributed by atoms with Crippen molar-refractivity contribution in [1.29, 1.82) is 0 Å². The molecule has 1 aromatic heterocycles. The molecule has 1 aliphatic rings. The summed E-state index contributed by atoms with van der Waals surface area (Å²) in [6, 6.07) is 2.22. The summed E-state index contributed by atoms with van der Waals surface area (Å²) in [4.78, 5) is 6.89. The average Bonchev–Trinajstić information content (AvgIpc) is 2.22. The molecule has 2 rings (SSSR count). The van der Waals surface area contributed by atoms with Crippen molar-refractivity contribution in [2.75, 3.05) is 0 Å². The summed E-state index contributed by atoms with van der Waals surface area (Å²) in [5.41, 5.74) is 1.40. The average molecular weight is 137 g/mol. The second-order valence-electron chi connectivity index (χ2n) is 2.22. The standard InChI is InChI=1S/C7H7NS/c1-5-2-6-3-8-4-7(6)9-5/h2,4H,3H2,1H3. The quantitative estimate of drug-likeness (QED) is 0.518. The van der Waals surface area contributed by atoms with E-state index in [1.807, 2.05) is 17.6 Å². The molecule has 0 radical (unpaired) electrons. The zero-order valence-corrected chi connectivity index (χ0v) is 6.03. The molecule has 0 unspecified atom stereocenters. The maximum Gasteiger partial charge on any atom is 0.0655 e. The number of nitrogens with zero attached hydrogens (tertiary/aromatic N) is 1. The van der Waals surface area contributed by atoms with Gasteiger partial charge in [0.1, 0.15) is 0 Å². The molecule has 1 aliphatic heterocycles. The van der Waals surface area contributed by atoms with Crippen LogP contribution in [0.2, 0.25) is 0 Å². The molecule has 0 amide bonds. The molecule has 0 N–H and O–H groups in total. The zero-order valence-electron chi connectivity index (χ0n) is 5.22. The fraction of sp³-hybridized carbons (Fsp3) is 0.286. The van der Waals surface area contributed by atoms with Crippen LogP contribution in [0, 0.1) is 6.92 Å². The number of hydrogen-bond donors (Lipinski definition) is 0. The third kappa shape index (κ3) is 0.704. The Morgan fingerprint density at radius 1 is 1.67 bits per heavy atom. The Kier molecular flexibility index (Phi) is 0.963. The number of thiophene rings is 1. The largest absolute Gasteiger partial charge is 0.287 e. The van der Waals surface area contributed by atoms with Gasteiger partial charge >= 0.3 is 0 Å². The van der Waals surface area contributed by atoms with Gasteiger partial charge in [0, 0.05) is 11.1 Å². The van der Waals surface area contributed by atoms with Gasteiger partial charge in [0.25, 0.3) is 0 Å². The zero-order chi connectivity index (χ0) is 6.27. The van der Waals surface area contributed by atoms with E-state index >= 15 is 0 Å². The predicted octanol–water partition coefficient (Wildman–Crippen LogP) is 1.99. The lowest BCUT2D eigenvalue weighted by Gasteiger charge is -1.78. The molecular weight excluding hydrogens is 130 g/mol. The van der Waals surface area contributed by atoms with Gasteiger partial charge in [0.15, 0.2) is 0 Å². The highest BCUT2D eigenvalue weighted by Crippen LogP contribution is 2.23. The molecule has 0 spiro atoms. The highest BCUT2D eigenvalue weighted by molar-refractivity contribution is 7.13. The van der Waals surface area contributed by atoms with Crippen LogP contribution in [0.4, 0.5) is 0 Å². The molecule has 0 atom stereocenters. The van der Waals surface area contributed by atoms with E-state index < -0.39 is 0 Å². The minimum atomic E-state index is 0.902. The molecule has 1 aromatic rings. The lowest BCUT2D eigenvalue weighted by molar-refractivity contribution is 1.12. The highest BCUT2D eigenvalue weighted by atomic mass is 32.1. The van der Waals surface area contributed by atoms with Crippen LogP contribution in [-0.2, 0) is 6.54 Å². The second-order valence-corrected chi connectivity index (χ2v) is 3.50. The van der Waals surface area contributed by atoms with Gasteiger partial charge in [-0.15, -0.1) is 11.3 Å². The van der Waals surface area contributed by atoms with Gasteiger partial charge in [-0.2, -0.15) is 0 Å². The smallest absolute Gasteiger partial charge is 0.0655 e. The van der Waals surface area contributed by atoms with Crippen molar-refractivity contribution < 1.29 is 0 Å². The Morgan fingerprint density at radius 2 is 2.56 bits per heavy atom. The molecule has 2 heteroatoms. The van der Waals surface area contributed by atoms with E-state index in [1.165, 1.54) is 15.3 Å². The Hall–Kier alpha value is -0.630. The van der Waals surface area contributed by atoms with E-state index in [1.54, 1.807) is 0 Å². The number of rotatable bonds is 0. The highest BCUT2D eigenvalue weighted by Gasteiger charge is 2.07. The first-order valence-corrected chi connectivity index (χ1v) is 3.77. The number of fused-ring (bicyclic) bond motifs is 1. The van der Waals surface area contributed by atoms with Crippen molar-refractivity contribution in [3.63, 3.8) is 0 Å². The maximum absolute atomic E-state index is 4.14. The van der Waals surface area contributed by atoms with E-state index in [0.717, 1.165) is 6.54 Å². The summed E-state index contributed by atoms with van der Waals surface area (Å²) in [5.74, 6) is 0. The van der Waals surface area contributed by atoms with E-state index in [9.17, 15) is 0 Å². The van der Waals surface area contributed by atoms with E-state index in [4.69, 9.17) is 0 Å². The lowest BCUT2D eigenvalue weighted by Crippen LogP contribution is -1.69. The van der Waals surface area contributed by atoms with E-state index in [-0.39, 0.29) is 0 Å². The van der Waals surface area contributed by atoms with Gasteiger partial charge in [-0.25, -0.2) is 0 Å². The molecule has 0 saturated carbocycles. The van der Waals surface area contributed by atoms with Gasteiger partial charge < -0.3 is 0 Å². The molecular formula is C7H7NS. The molecule has 0 aromatic carbocycles. The van der Waals surface area contributed by atoms with Crippen LogP contribution in [0.5, 0.6) is 0 Å². The molecule has 1 nitrogen and oxygen atoms in total. The number of aliphatic imine (C=N–C) groups is 1. The molecule has 9 heavy (non-hydrogen) atoms. The van der Waals surface area contributed by atoms with Gasteiger partial charge in [0.2, 0.25) is 0 Å². The summed E-state index contributed by atoms with van der Waals surface area (Å²) in [6.45, 7) is 3.04. The summed E-state index contributed by atoms with van der Waals surface area (Å²) < 4.78 is 0. The SMILES string of the molecule is Cc1cc2c(s1)C=NC2. The van der Waals surface area contributed by atoms with E-state index in [2.05, 4.69) is 18.0 Å². The van der Waals surface area contributed by atoms with Crippen molar-refractivity contribution in [3.05, 3.63) is 21.4 Å². The molecule has 46 valence electrons. The number of aryl methyl sites for hydroxylation is 1. The summed E-state index contributed by atoms with van der Waals surface area (Å²) in [5, 5.41) is 0. The molecule has 0 saturated heterocycles. The third-order valence-corrected chi connectivity index (χ3v) is 2.46. The first-order valence-electron chi connectivity index (χ1n) is 2.95. The Morgan fingerprint density at radius 3 is 3.33 bits per heavy atom. The van der Waals surface area contributed by atoms with Crippen LogP contribution in [0.15, 0.2) is 11.1 Å². The molecule has 2 heterocycles. The summed E-state index contributed by atoms with van der Waals surface area (Å²) in [7, 11) is 0. The van der Waals surface area contributed by atoms with Crippen LogP contribution >= 0.6 is 11.3 Å². The van der Waals surface area contributed by atoms with Crippen LogP contribution in [0.1, 0.15) is 15.3 Å². The fourth-order valence-electron chi connectivity index (χ4n) is 1.04. The Labute approximate surface area is 58.1 Å². The van der Waals surface area contributed by atoms with Crippen LogP contribution < -0.4 is 0 Å². The Bertz CT molecular complexity index is 260. The minimum Gasteiger partial charge on any atom is -0.287 e. The van der Waals surface area contributed by atoms with Crippen LogP contribution in [0.3, 0.4) is 0 Å². The first-order chi connectivity index (χ1) is 4.36. The lowest BCUT2D eigenvalue weighted by atomic mass is 10.3. The normalized spacial score (nSPS) is 14.3. The maximum atomic E-state index is 4.14. The van der Waals surface area contributed by atoms with Gasteiger partial charge in [-0.05, 0) is 18.6 Å². The fourth-order valence-corrected chi connectivity index (χ4v) is 1.97. The van der Waals surface area contributed by atoms with Crippen molar-refractivity contribution in [3.8, 4) is 0 Å². The van der Waals surface area contributed by atoms with Gasteiger partial charge in [-0.3, -0.25) is 4.99 Å².